The van der Waals surface area contributed by atoms with Crippen molar-refractivity contribution >= 4 is 11.8 Å². The number of benzene rings is 1. The zero-order valence-electron chi connectivity index (χ0n) is 15.3. The van der Waals surface area contributed by atoms with Crippen LogP contribution in [0.1, 0.15) is 17.0 Å². The second-order valence-electron chi connectivity index (χ2n) is 6.11. The number of rotatable bonds is 7. The van der Waals surface area contributed by atoms with Gasteiger partial charge in [0.15, 0.2) is 5.82 Å². The molecule has 4 rings (SSSR count). The Bertz CT molecular complexity index is 1040. The number of pyridine rings is 1. The Morgan fingerprint density at radius 3 is 2.68 bits per heavy atom. The van der Waals surface area contributed by atoms with Gasteiger partial charge in [-0.25, -0.2) is 4.68 Å². The number of furan rings is 1. The molecule has 7 nitrogen and oxygen atoms in total. The van der Waals surface area contributed by atoms with Crippen LogP contribution in [-0.2, 0) is 12.4 Å². The lowest BCUT2D eigenvalue weighted by Gasteiger charge is -2.07. The van der Waals surface area contributed by atoms with Crippen molar-refractivity contribution in [1.82, 2.24) is 19.9 Å². The zero-order valence-corrected chi connectivity index (χ0v) is 16.1. The smallest absolute Gasteiger partial charge is 0.210 e. The topological polar surface area (TPSA) is 92.0 Å². The summed E-state index contributed by atoms with van der Waals surface area (Å²) in [7, 11) is 0. The minimum absolute atomic E-state index is 0.446. The van der Waals surface area contributed by atoms with Crippen molar-refractivity contribution in [3.8, 4) is 17.1 Å². The quantitative estimate of drug-likeness (QED) is 0.377. The maximum absolute atomic E-state index is 6.15. The lowest BCUT2D eigenvalue weighted by molar-refractivity contribution is 0.301. The Morgan fingerprint density at radius 1 is 1.11 bits per heavy atom. The lowest BCUT2D eigenvalue weighted by Crippen LogP contribution is -2.11. The second-order valence-corrected chi connectivity index (χ2v) is 7.05. The second kappa shape index (κ2) is 8.18. The van der Waals surface area contributed by atoms with Crippen LogP contribution < -0.4 is 10.6 Å². The molecule has 0 spiro atoms. The minimum Gasteiger partial charge on any atom is -0.487 e. The third-order valence-electron chi connectivity index (χ3n) is 4.17. The van der Waals surface area contributed by atoms with E-state index in [1.807, 2.05) is 55.5 Å². The summed E-state index contributed by atoms with van der Waals surface area (Å²) in [6.45, 7) is 2.32. The van der Waals surface area contributed by atoms with Gasteiger partial charge in [0.1, 0.15) is 18.1 Å². The Kier molecular flexibility index (Phi) is 5.29. The first-order valence-electron chi connectivity index (χ1n) is 8.70. The van der Waals surface area contributed by atoms with Crippen LogP contribution in [0.2, 0.25) is 0 Å². The van der Waals surface area contributed by atoms with E-state index in [4.69, 9.17) is 15.0 Å². The molecule has 0 atom stereocenters. The summed E-state index contributed by atoms with van der Waals surface area (Å²) in [6.07, 6.45) is 3.37. The fourth-order valence-corrected chi connectivity index (χ4v) is 3.46. The summed E-state index contributed by atoms with van der Waals surface area (Å²) in [5, 5.41) is 9.01. The van der Waals surface area contributed by atoms with Gasteiger partial charge in [0.05, 0.1) is 17.5 Å². The Labute approximate surface area is 166 Å². The maximum atomic E-state index is 6.15. The molecule has 0 aliphatic rings. The average Bonchev–Trinajstić information content (AvgIpc) is 3.31. The first-order valence-corrected chi connectivity index (χ1v) is 9.68. The zero-order chi connectivity index (χ0) is 19.3. The molecule has 3 heterocycles. The summed E-state index contributed by atoms with van der Waals surface area (Å²) in [5.74, 6) is 9.03. The van der Waals surface area contributed by atoms with Gasteiger partial charge in [0.25, 0.3) is 0 Å². The Morgan fingerprint density at radius 2 is 1.96 bits per heavy atom. The predicted octanol–water partition coefficient (Wildman–Crippen LogP) is 3.83. The molecule has 0 aliphatic carbocycles. The number of nitrogens with two attached hydrogens (primary N) is 1. The number of thioether (sulfide) groups is 1. The standard InChI is InChI=1S/C20H19N5O2S/c1-14-18(9-11-26-14)19-23-24-20(25(19)21)28-13-15-5-7-17(8-6-15)27-12-16-4-2-3-10-22-16/h2-11H,12-13,21H2,1H3. The van der Waals surface area contributed by atoms with Crippen LogP contribution >= 0.6 is 11.8 Å². The molecule has 2 N–H and O–H groups in total. The van der Waals surface area contributed by atoms with E-state index in [2.05, 4.69) is 15.2 Å². The van der Waals surface area contributed by atoms with Crippen LogP contribution in [-0.4, -0.2) is 19.9 Å². The van der Waals surface area contributed by atoms with Gasteiger partial charge in [-0.05, 0) is 42.8 Å². The molecule has 1 aromatic carbocycles. The minimum atomic E-state index is 0.446. The van der Waals surface area contributed by atoms with Gasteiger partial charge < -0.3 is 15.0 Å². The predicted molar refractivity (Wildman–Crippen MR) is 107 cm³/mol. The monoisotopic (exact) mass is 393 g/mol. The van der Waals surface area contributed by atoms with Crippen LogP contribution in [0.15, 0.2) is 70.6 Å². The lowest BCUT2D eigenvalue weighted by atomic mass is 10.2. The number of aryl methyl sites for hydroxylation is 1. The van der Waals surface area contributed by atoms with E-state index in [-0.39, 0.29) is 0 Å². The highest BCUT2D eigenvalue weighted by molar-refractivity contribution is 7.98. The van der Waals surface area contributed by atoms with Crippen molar-refractivity contribution in [3.63, 3.8) is 0 Å². The van der Waals surface area contributed by atoms with Gasteiger partial charge in [-0.1, -0.05) is 30.0 Å². The fourth-order valence-electron chi connectivity index (χ4n) is 2.65. The molecule has 4 aromatic rings. The highest BCUT2D eigenvalue weighted by Gasteiger charge is 2.15. The van der Waals surface area contributed by atoms with E-state index >= 15 is 0 Å². The van der Waals surface area contributed by atoms with E-state index in [1.54, 1.807) is 12.5 Å². The van der Waals surface area contributed by atoms with E-state index in [9.17, 15) is 0 Å². The van der Waals surface area contributed by atoms with Gasteiger partial charge in [-0.2, -0.15) is 0 Å². The summed E-state index contributed by atoms with van der Waals surface area (Å²) in [4.78, 5) is 4.25. The first-order chi connectivity index (χ1) is 13.7. The molecule has 0 bridgehead atoms. The van der Waals surface area contributed by atoms with Crippen LogP contribution in [0.5, 0.6) is 5.75 Å². The van der Waals surface area contributed by atoms with Crippen LogP contribution in [0, 0.1) is 6.92 Å². The van der Waals surface area contributed by atoms with Gasteiger partial charge in [0, 0.05) is 11.9 Å². The summed E-state index contributed by atoms with van der Waals surface area (Å²) in [5.41, 5.74) is 2.88. The van der Waals surface area contributed by atoms with E-state index in [0.717, 1.165) is 34.1 Å². The van der Waals surface area contributed by atoms with Crippen molar-refractivity contribution in [2.24, 2.45) is 0 Å². The number of ether oxygens (including phenoxy) is 1. The van der Waals surface area contributed by atoms with E-state index in [0.29, 0.717) is 17.6 Å². The average molecular weight is 393 g/mol. The number of nitrogen functional groups attached to an aromatic ring is 1. The number of nitrogens with zero attached hydrogens (tertiary/aromatic N) is 4. The first kappa shape index (κ1) is 18.1. The van der Waals surface area contributed by atoms with Gasteiger partial charge >= 0.3 is 0 Å². The van der Waals surface area contributed by atoms with Crippen molar-refractivity contribution < 1.29 is 9.15 Å². The van der Waals surface area contributed by atoms with Crippen molar-refractivity contribution in [3.05, 3.63) is 78.0 Å². The highest BCUT2D eigenvalue weighted by atomic mass is 32.2. The van der Waals surface area contributed by atoms with Crippen molar-refractivity contribution in [2.75, 3.05) is 5.84 Å². The van der Waals surface area contributed by atoms with Crippen molar-refractivity contribution in [1.29, 1.82) is 0 Å². The number of hydrogen-bond acceptors (Lipinski definition) is 7. The van der Waals surface area contributed by atoms with Crippen LogP contribution in [0.25, 0.3) is 11.4 Å². The van der Waals surface area contributed by atoms with E-state index in [1.165, 1.54) is 16.4 Å². The molecule has 0 unspecified atom stereocenters. The normalized spacial score (nSPS) is 10.9. The van der Waals surface area contributed by atoms with Gasteiger partial charge in [0.2, 0.25) is 5.16 Å². The third kappa shape index (κ3) is 4.01. The molecule has 0 aliphatic heterocycles. The van der Waals surface area contributed by atoms with Crippen LogP contribution in [0.3, 0.4) is 0 Å². The largest absolute Gasteiger partial charge is 0.487 e. The van der Waals surface area contributed by atoms with Gasteiger partial charge in [-0.15, -0.1) is 10.2 Å². The number of aromatic nitrogens is 4. The molecule has 8 heteroatoms. The Hall–Kier alpha value is -3.26. The van der Waals surface area contributed by atoms with Gasteiger partial charge in [-0.3, -0.25) is 4.98 Å². The van der Waals surface area contributed by atoms with Crippen molar-refractivity contribution in [2.45, 2.75) is 24.4 Å². The molecular weight excluding hydrogens is 374 g/mol. The molecule has 3 aromatic heterocycles. The maximum Gasteiger partial charge on any atom is 0.210 e. The molecule has 0 fully saturated rings. The van der Waals surface area contributed by atoms with E-state index < -0.39 is 0 Å². The molecule has 0 saturated heterocycles. The molecular formula is C20H19N5O2S. The Balaban J connectivity index is 1.35. The summed E-state index contributed by atoms with van der Waals surface area (Å²) < 4.78 is 12.6. The van der Waals surface area contributed by atoms with Crippen LogP contribution in [0.4, 0.5) is 0 Å². The molecule has 0 saturated carbocycles. The summed E-state index contributed by atoms with van der Waals surface area (Å²) >= 11 is 1.52. The fraction of sp³-hybridized carbons (Fsp3) is 0.150. The third-order valence-corrected chi connectivity index (χ3v) is 5.18. The number of hydrogen-bond donors (Lipinski definition) is 1. The molecule has 28 heavy (non-hydrogen) atoms. The molecule has 142 valence electrons. The SMILES string of the molecule is Cc1occc1-c1nnc(SCc2ccc(OCc3ccccn3)cc2)n1N. The molecule has 0 radical (unpaired) electrons. The summed E-state index contributed by atoms with van der Waals surface area (Å²) in [6, 6.07) is 15.6. The highest BCUT2D eigenvalue weighted by Crippen LogP contribution is 2.27. The molecule has 0 amide bonds.